The molecule has 0 unspecified atom stereocenters. The van der Waals surface area contributed by atoms with Gasteiger partial charge in [-0.25, -0.2) is 0 Å². The summed E-state index contributed by atoms with van der Waals surface area (Å²) < 4.78 is 11.7. The molecule has 0 fully saturated rings. The van der Waals surface area contributed by atoms with Gasteiger partial charge in [-0.05, 0) is 56.2 Å². The fourth-order valence-corrected chi connectivity index (χ4v) is 1.98. The van der Waals surface area contributed by atoms with Crippen LogP contribution in [0.4, 0.5) is 0 Å². The van der Waals surface area contributed by atoms with Gasteiger partial charge >= 0.3 is 0 Å². The summed E-state index contributed by atoms with van der Waals surface area (Å²) in [6.07, 6.45) is 2.34. The first-order valence-electron chi connectivity index (χ1n) is 7.22. The summed E-state index contributed by atoms with van der Waals surface area (Å²) in [4.78, 5) is 0. The molecule has 2 rings (SSSR count). The van der Waals surface area contributed by atoms with E-state index in [0.717, 1.165) is 30.1 Å². The first kappa shape index (κ1) is 14.4. The van der Waals surface area contributed by atoms with Gasteiger partial charge in [0.25, 0.3) is 0 Å². The molecule has 0 bridgehead atoms. The molecule has 106 valence electrons. The number of rotatable bonds is 6. The molecule has 0 aliphatic carbocycles. The van der Waals surface area contributed by atoms with E-state index in [1.54, 1.807) is 0 Å². The molecule has 0 aliphatic heterocycles. The third-order valence-electron chi connectivity index (χ3n) is 3.29. The standard InChI is InChI=1S/C18H22O2/c1-4-15(5-2)19-17-10-12-18(13-11-17)20-16-8-6-14(3)7-9-16/h6-13,15H,4-5H2,1-3H3. The molecule has 0 aliphatic rings. The molecule has 0 atom stereocenters. The van der Waals surface area contributed by atoms with E-state index in [2.05, 4.69) is 20.8 Å². The van der Waals surface area contributed by atoms with Crippen LogP contribution in [0.3, 0.4) is 0 Å². The SMILES string of the molecule is CCC(CC)Oc1ccc(Oc2ccc(C)cc2)cc1. The Labute approximate surface area is 121 Å². The maximum Gasteiger partial charge on any atom is 0.127 e. The van der Waals surface area contributed by atoms with Gasteiger partial charge in [-0.2, -0.15) is 0 Å². The lowest BCUT2D eigenvalue weighted by Gasteiger charge is -2.15. The van der Waals surface area contributed by atoms with Crippen LogP contribution in [0.5, 0.6) is 17.2 Å². The third kappa shape index (κ3) is 4.02. The number of aryl methyl sites for hydroxylation is 1. The second-order valence-electron chi connectivity index (χ2n) is 4.94. The maximum atomic E-state index is 5.88. The molecule has 20 heavy (non-hydrogen) atoms. The van der Waals surface area contributed by atoms with Gasteiger partial charge in [0.1, 0.15) is 17.2 Å². The van der Waals surface area contributed by atoms with Gasteiger partial charge < -0.3 is 9.47 Å². The summed E-state index contributed by atoms with van der Waals surface area (Å²) in [6, 6.07) is 15.8. The molecule has 0 saturated carbocycles. The second kappa shape index (κ2) is 6.99. The molecule has 0 saturated heterocycles. The molecule has 0 aromatic heterocycles. The van der Waals surface area contributed by atoms with Crippen molar-refractivity contribution in [1.29, 1.82) is 0 Å². The number of hydrogen-bond donors (Lipinski definition) is 0. The predicted molar refractivity (Wildman–Crippen MR) is 82.7 cm³/mol. The van der Waals surface area contributed by atoms with E-state index in [1.165, 1.54) is 5.56 Å². The van der Waals surface area contributed by atoms with Crippen molar-refractivity contribution >= 4 is 0 Å². The second-order valence-corrected chi connectivity index (χ2v) is 4.94. The van der Waals surface area contributed by atoms with E-state index in [-0.39, 0.29) is 0 Å². The average Bonchev–Trinajstić information content (AvgIpc) is 2.49. The van der Waals surface area contributed by atoms with Gasteiger partial charge in [0.15, 0.2) is 0 Å². The Morgan fingerprint density at radius 3 is 1.70 bits per heavy atom. The molecule has 2 aromatic rings. The van der Waals surface area contributed by atoms with Gasteiger partial charge in [-0.15, -0.1) is 0 Å². The molecule has 0 heterocycles. The average molecular weight is 270 g/mol. The van der Waals surface area contributed by atoms with Crippen LogP contribution in [0.25, 0.3) is 0 Å². The zero-order chi connectivity index (χ0) is 14.4. The minimum Gasteiger partial charge on any atom is -0.490 e. The zero-order valence-corrected chi connectivity index (χ0v) is 12.4. The van der Waals surface area contributed by atoms with Gasteiger partial charge in [-0.1, -0.05) is 31.5 Å². The summed E-state index contributed by atoms with van der Waals surface area (Å²) in [6.45, 7) is 6.35. The van der Waals surface area contributed by atoms with E-state index >= 15 is 0 Å². The monoisotopic (exact) mass is 270 g/mol. The quantitative estimate of drug-likeness (QED) is 0.704. The molecule has 0 N–H and O–H groups in total. The van der Waals surface area contributed by atoms with Crippen molar-refractivity contribution in [3.8, 4) is 17.2 Å². The number of benzene rings is 2. The van der Waals surface area contributed by atoms with Crippen molar-refractivity contribution in [2.45, 2.75) is 39.7 Å². The van der Waals surface area contributed by atoms with Crippen LogP contribution in [0.1, 0.15) is 32.3 Å². The Kier molecular flexibility index (Phi) is 5.05. The summed E-state index contributed by atoms with van der Waals surface area (Å²) in [5.41, 5.74) is 1.23. The highest BCUT2D eigenvalue weighted by molar-refractivity contribution is 5.36. The third-order valence-corrected chi connectivity index (χ3v) is 3.29. The predicted octanol–water partition coefficient (Wildman–Crippen LogP) is 5.35. The zero-order valence-electron chi connectivity index (χ0n) is 12.4. The van der Waals surface area contributed by atoms with Crippen LogP contribution in [-0.4, -0.2) is 6.10 Å². The van der Waals surface area contributed by atoms with E-state index in [4.69, 9.17) is 9.47 Å². The van der Waals surface area contributed by atoms with Crippen molar-refractivity contribution in [3.05, 3.63) is 54.1 Å². The first-order valence-corrected chi connectivity index (χ1v) is 7.22. The van der Waals surface area contributed by atoms with Crippen molar-refractivity contribution in [1.82, 2.24) is 0 Å². The van der Waals surface area contributed by atoms with Crippen LogP contribution in [-0.2, 0) is 0 Å². The Morgan fingerprint density at radius 2 is 1.20 bits per heavy atom. The molecule has 0 spiro atoms. The molecular formula is C18H22O2. The van der Waals surface area contributed by atoms with Gasteiger partial charge in [-0.3, -0.25) is 0 Å². The number of hydrogen-bond acceptors (Lipinski definition) is 2. The van der Waals surface area contributed by atoms with Crippen LogP contribution >= 0.6 is 0 Å². The van der Waals surface area contributed by atoms with E-state index in [0.29, 0.717) is 6.10 Å². The van der Waals surface area contributed by atoms with E-state index in [1.807, 2.05) is 48.5 Å². The maximum absolute atomic E-state index is 5.88. The Balaban J connectivity index is 1.99. The van der Waals surface area contributed by atoms with Gasteiger partial charge in [0.2, 0.25) is 0 Å². The minimum atomic E-state index is 0.291. The van der Waals surface area contributed by atoms with E-state index in [9.17, 15) is 0 Å². The van der Waals surface area contributed by atoms with Crippen molar-refractivity contribution in [3.63, 3.8) is 0 Å². The molecule has 2 aromatic carbocycles. The fourth-order valence-electron chi connectivity index (χ4n) is 1.98. The lowest BCUT2D eigenvalue weighted by molar-refractivity contribution is 0.192. The summed E-state index contributed by atoms with van der Waals surface area (Å²) in [5.74, 6) is 2.57. The minimum absolute atomic E-state index is 0.291. The highest BCUT2D eigenvalue weighted by Gasteiger charge is 2.05. The Hall–Kier alpha value is -1.96. The smallest absolute Gasteiger partial charge is 0.127 e. The normalized spacial score (nSPS) is 10.6. The van der Waals surface area contributed by atoms with Crippen molar-refractivity contribution < 1.29 is 9.47 Å². The number of ether oxygens (including phenoxy) is 2. The molecule has 2 heteroatoms. The van der Waals surface area contributed by atoms with Crippen LogP contribution in [0, 0.1) is 6.92 Å². The largest absolute Gasteiger partial charge is 0.490 e. The lowest BCUT2D eigenvalue weighted by Crippen LogP contribution is -2.13. The molecule has 2 nitrogen and oxygen atoms in total. The van der Waals surface area contributed by atoms with E-state index < -0.39 is 0 Å². The molecular weight excluding hydrogens is 248 g/mol. The first-order chi connectivity index (χ1) is 9.71. The highest BCUT2D eigenvalue weighted by Crippen LogP contribution is 2.25. The Bertz CT molecular complexity index is 510. The topological polar surface area (TPSA) is 18.5 Å². The van der Waals surface area contributed by atoms with Crippen LogP contribution in [0.2, 0.25) is 0 Å². The lowest BCUT2D eigenvalue weighted by atomic mass is 10.2. The van der Waals surface area contributed by atoms with Gasteiger partial charge in [0.05, 0.1) is 6.10 Å². The summed E-state index contributed by atoms with van der Waals surface area (Å²) in [5, 5.41) is 0. The molecule has 0 radical (unpaired) electrons. The van der Waals surface area contributed by atoms with Crippen LogP contribution < -0.4 is 9.47 Å². The van der Waals surface area contributed by atoms with Crippen LogP contribution in [0.15, 0.2) is 48.5 Å². The Morgan fingerprint density at radius 1 is 0.750 bits per heavy atom. The fraction of sp³-hybridized carbons (Fsp3) is 0.333. The van der Waals surface area contributed by atoms with Crippen molar-refractivity contribution in [2.75, 3.05) is 0 Å². The molecule has 0 amide bonds. The van der Waals surface area contributed by atoms with Crippen molar-refractivity contribution in [2.24, 2.45) is 0 Å². The summed E-state index contributed by atoms with van der Waals surface area (Å²) in [7, 11) is 0. The summed E-state index contributed by atoms with van der Waals surface area (Å²) >= 11 is 0. The highest BCUT2D eigenvalue weighted by atomic mass is 16.5. The van der Waals surface area contributed by atoms with Gasteiger partial charge in [0, 0.05) is 0 Å².